The number of cyclic esters (lactones) is 1. The average molecular weight is 225 g/mol. The van der Waals surface area contributed by atoms with E-state index < -0.39 is 0 Å². The van der Waals surface area contributed by atoms with Gasteiger partial charge < -0.3 is 9.47 Å². The summed E-state index contributed by atoms with van der Waals surface area (Å²) in [7, 11) is 1.51. The van der Waals surface area contributed by atoms with Crippen LogP contribution in [-0.2, 0) is 14.3 Å². The molecule has 1 aliphatic heterocycles. The van der Waals surface area contributed by atoms with Crippen LogP contribution >= 0.6 is 23.2 Å². The minimum Gasteiger partial charge on any atom is -0.462 e. The zero-order chi connectivity index (χ0) is 9.84. The zero-order valence-corrected chi connectivity index (χ0v) is 8.69. The van der Waals surface area contributed by atoms with Gasteiger partial charge in [-0.1, -0.05) is 11.6 Å². The molecular formula is C8H10Cl2O3. The minimum atomic E-state index is -0.382. The second kappa shape index (κ2) is 4.84. The maximum absolute atomic E-state index is 11.2. The van der Waals surface area contributed by atoms with E-state index in [-0.39, 0.29) is 18.5 Å². The maximum Gasteiger partial charge on any atom is 0.335 e. The fraction of sp³-hybridized carbons (Fsp3) is 0.625. The first kappa shape index (κ1) is 10.8. The van der Waals surface area contributed by atoms with Gasteiger partial charge in [0.15, 0.2) is 0 Å². The topological polar surface area (TPSA) is 35.5 Å². The molecule has 0 aromatic carbocycles. The highest BCUT2D eigenvalue weighted by molar-refractivity contribution is 6.32. The number of hydrogen-bond acceptors (Lipinski definition) is 3. The molecule has 1 atom stereocenters. The monoisotopic (exact) mass is 224 g/mol. The van der Waals surface area contributed by atoms with Crippen molar-refractivity contribution >= 4 is 29.2 Å². The van der Waals surface area contributed by atoms with E-state index in [1.54, 1.807) is 0 Å². The van der Waals surface area contributed by atoms with Crippen LogP contribution < -0.4 is 0 Å². The molecule has 1 heterocycles. The molecule has 1 saturated heterocycles. The summed E-state index contributed by atoms with van der Waals surface area (Å²) in [6.07, 6.45) is 0. The van der Waals surface area contributed by atoms with Crippen LogP contribution in [0.15, 0.2) is 10.6 Å². The number of esters is 1. The van der Waals surface area contributed by atoms with Crippen molar-refractivity contribution in [3.05, 3.63) is 10.6 Å². The smallest absolute Gasteiger partial charge is 0.335 e. The molecule has 0 aromatic rings. The van der Waals surface area contributed by atoms with Gasteiger partial charge in [-0.3, -0.25) is 0 Å². The molecule has 5 heteroatoms. The summed E-state index contributed by atoms with van der Waals surface area (Å²) in [5.41, 5.74) is 0.457. The molecule has 0 bridgehead atoms. The normalized spacial score (nSPS) is 26.1. The SMILES string of the molecule is COC/C(Cl)=C1/C(=O)OC[C@@H]1CCl. The van der Waals surface area contributed by atoms with Gasteiger partial charge in [0.25, 0.3) is 0 Å². The predicted molar refractivity (Wildman–Crippen MR) is 49.9 cm³/mol. The molecule has 0 radical (unpaired) electrons. The number of carbonyl (C=O) groups is 1. The van der Waals surface area contributed by atoms with Crippen molar-refractivity contribution in [1.29, 1.82) is 0 Å². The van der Waals surface area contributed by atoms with E-state index in [1.807, 2.05) is 0 Å². The summed E-state index contributed by atoms with van der Waals surface area (Å²) in [6.45, 7) is 0.539. The van der Waals surface area contributed by atoms with Gasteiger partial charge in [0.05, 0.1) is 23.8 Å². The molecule has 0 aliphatic carbocycles. The lowest BCUT2D eigenvalue weighted by atomic mass is 10.0. The number of halogens is 2. The number of rotatable bonds is 3. The van der Waals surface area contributed by atoms with Gasteiger partial charge in [-0.2, -0.15) is 0 Å². The molecule has 0 N–H and O–H groups in total. The minimum absolute atomic E-state index is 0.100. The second-order valence-corrected chi connectivity index (χ2v) is 3.47. The molecule has 13 heavy (non-hydrogen) atoms. The van der Waals surface area contributed by atoms with Gasteiger partial charge in [-0.25, -0.2) is 4.79 Å². The summed E-state index contributed by atoms with van der Waals surface area (Å²) in [4.78, 5) is 11.2. The Morgan fingerprint density at radius 3 is 3.00 bits per heavy atom. The average Bonchev–Trinajstić information content (AvgIpc) is 2.47. The van der Waals surface area contributed by atoms with E-state index in [1.165, 1.54) is 7.11 Å². The van der Waals surface area contributed by atoms with E-state index in [2.05, 4.69) is 0 Å². The molecule has 0 spiro atoms. The van der Waals surface area contributed by atoms with E-state index in [0.717, 1.165) is 0 Å². The first-order valence-electron chi connectivity index (χ1n) is 3.81. The molecule has 3 nitrogen and oxygen atoms in total. The van der Waals surface area contributed by atoms with Gasteiger partial charge in [-0.05, 0) is 0 Å². The van der Waals surface area contributed by atoms with E-state index in [4.69, 9.17) is 32.7 Å². The van der Waals surface area contributed by atoms with Crippen molar-refractivity contribution in [2.24, 2.45) is 5.92 Å². The van der Waals surface area contributed by atoms with Crippen molar-refractivity contribution in [3.63, 3.8) is 0 Å². The summed E-state index contributed by atoms with van der Waals surface area (Å²) in [5, 5.41) is 0.385. The van der Waals surface area contributed by atoms with Crippen LogP contribution in [0, 0.1) is 5.92 Å². The predicted octanol–water partition coefficient (Wildman–Crippen LogP) is 1.54. The second-order valence-electron chi connectivity index (χ2n) is 2.70. The van der Waals surface area contributed by atoms with Crippen LogP contribution in [0.5, 0.6) is 0 Å². The van der Waals surface area contributed by atoms with Crippen LogP contribution in [0.3, 0.4) is 0 Å². The van der Waals surface area contributed by atoms with E-state index >= 15 is 0 Å². The third-order valence-corrected chi connectivity index (χ3v) is 2.48. The zero-order valence-electron chi connectivity index (χ0n) is 7.18. The molecular weight excluding hydrogens is 215 g/mol. The van der Waals surface area contributed by atoms with Crippen molar-refractivity contribution in [1.82, 2.24) is 0 Å². The molecule has 0 saturated carbocycles. The maximum atomic E-state index is 11.2. The molecule has 1 rings (SSSR count). The highest BCUT2D eigenvalue weighted by atomic mass is 35.5. The summed E-state index contributed by atoms with van der Waals surface area (Å²) >= 11 is 11.5. The number of methoxy groups -OCH3 is 1. The van der Waals surface area contributed by atoms with Gasteiger partial charge >= 0.3 is 5.97 Å². The van der Waals surface area contributed by atoms with E-state index in [0.29, 0.717) is 23.1 Å². The lowest BCUT2D eigenvalue weighted by Crippen LogP contribution is -2.08. The Morgan fingerprint density at radius 2 is 2.46 bits per heavy atom. The molecule has 1 fully saturated rings. The fourth-order valence-corrected chi connectivity index (χ4v) is 1.75. The first-order chi connectivity index (χ1) is 6.20. The van der Waals surface area contributed by atoms with Gasteiger partial charge in [0, 0.05) is 18.9 Å². The van der Waals surface area contributed by atoms with Crippen molar-refractivity contribution in [3.8, 4) is 0 Å². The Kier molecular flexibility index (Phi) is 4.03. The lowest BCUT2D eigenvalue weighted by molar-refractivity contribution is -0.135. The number of hydrogen-bond donors (Lipinski definition) is 0. The number of alkyl halides is 1. The fourth-order valence-electron chi connectivity index (χ4n) is 1.16. The first-order valence-corrected chi connectivity index (χ1v) is 4.72. The largest absolute Gasteiger partial charge is 0.462 e. The van der Waals surface area contributed by atoms with Gasteiger partial charge in [-0.15, -0.1) is 11.6 Å². The highest BCUT2D eigenvalue weighted by Crippen LogP contribution is 2.27. The number of ether oxygens (including phenoxy) is 2. The number of carbonyl (C=O) groups excluding carboxylic acids is 1. The van der Waals surface area contributed by atoms with Crippen LogP contribution in [-0.4, -0.2) is 32.2 Å². The third kappa shape index (κ3) is 2.36. The molecule has 0 unspecified atom stereocenters. The van der Waals surface area contributed by atoms with Crippen molar-refractivity contribution < 1.29 is 14.3 Å². The van der Waals surface area contributed by atoms with Crippen LogP contribution in [0.2, 0.25) is 0 Å². The quantitative estimate of drug-likeness (QED) is 0.415. The summed E-state index contributed by atoms with van der Waals surface area (Å²) in [6, 6.07) is 0. The highest BCUT2D eigenvalue weighted by Gasteiger charge is 2.32. The molecule has 74 valence electrons. The van der Waals surface area contributed by atoms with Gasteiger partial charge in [0.1, 0.15) is 0 Å². The van der Waals surface area contributed by atoms with Crippen molar-refractivity contribution in [2.75, 3.05) is 26.2 Å². The Bertz CT molecular complexity index is 238. The molecule has 1 aliphatic rings. The summed E-state index contributed by atoms with van der Waals surface area (Å²) in [5.74, 6) is -0.148. The summed E-state index contributed by atoms with van der Waals surface area (Å²) < 4.78 is 9.63. The lowest BCUT2D eigenvalue weighted by Gasteiger charge is -2.05. The van der Waals surface area contributed by atoms with Gasteiger partial charge in [0.2, 0.25) is 0 Å². The van der Waals surface area contributed by atoms with E-state index in [9.17, 15) is 4.79 Å². The Morgan fingerprint density at radius 1 is 1.77 bits per heavy atom. The molecule has 0 aromatic heterocycles. The van der Waals surface area contributed by atoms with Crippen LogP contribution in [0.25, 0.3) is 0 Å². The van der Waals surface area contributed by atoms with Crippen LogP contribution in [0.1, 0.15) is 0 Å². The Labute approximate surface area is 86.6 Å². The standard InChI is InChI=1S/C8H10Cl2O3/c1-12-4-6(10)7-5(2-9)3-13-8(7)11/h5H,2-4H2,1H3/b7-6-/t5-/m0/s1. The van der Waals surface area contributed by atoms with Crippen LogP contribution in [0.4, 0.5) is 0 Å². The Hall–Kier alpha value is -0.250. The van der Waals surface area contributed by atoms with Crippen molar-refractivity contribution in [2.45, 2.75) is 0 Å². The molecule has 0 amide bonds. The third-order valence-electron chi connectivity index (χ3n) is 1.79. The Balaban J connectivity index is 2.84.